The molecule has 0 heterocycles. The van der Waals surface area contributed by atoms with Crippen LogP contribution < -0.4 is 0 Å². The molecule has 0 amide bonds. The zero-order valence-corrected chi connectivity index (χ0v) is 12.6. The molecule has 0 saturated carbocycles. The number of aliphatic hydroxyl groups excluding tert-OH is 1. The van der Waals surface area contributed by atoms with Crippen molar-refractivity contribution in [2.45, 2.75) is 12.0 Å². The summed E-state index contributed by atoms with van der Waals surface area (Å²) in [5.74, 6) is -0.292. The van der Waals surface area contributed by atoms with Crippen LogP contribution in [0.2, 0.25) is 0 Å². The van der Waals surface area contributed by atoms with Gasteiger partial charge in [-0.1, -0.05) is 84.9 Å². The first-order valence-corrected chi connectivity index (χ1v) is 7.57. The van der Waals surface area contributed by atoms with Gasteiger partial charge in [-0.2, -0.15) is 5.26 Å². The Labute approximate surface area is 136 Å². The second-order valence-corrected chi connectivity index (χ2v) is 5.45. The van der Waals surface area contributed by atoms with Gasteiger partial charge in [-0.05, 0) is 22.3 Å². The lowest BCUT2D eigenvalue weighted by Crippen LogP contribution is -2.01. The Morgan fingerprint density at radius 3 is 1.52 bits per heavy atom. The van der Waals surface area contributed by atoms with Gasteiger partial charge in [0, 0.05) is 0 Å². The van der Waals surface area contributed by atoms with E-state index in [1.54, 1.807) is 0 Å². The van der Waals surface area contributed by atoms with Gasteiger partial charge in [0.15, 0.2) is 0 Å². The molecule has 112 valence electrons. The van der Waals surface area contributed by atoms with Crippen molar-refractivity contribution in [3.8, 4) is 6.07 Å². The van der Waals surface area contributed by atoms with E-state index >= 15 is 0 Å². The van der Waals surface area contributed by atoms with Gasteiger partial charge in [-0.3, -0.25) is 0 Å². The SMILES string of the molecule is N#C[C@@H](c1ccccc1)c1ccc([C@@H](O)c2ccccc2)cc1. The van der Waals surface area contributed by atoms with Gasteiger partial charge < -0.3 is 5.11 Å². The molecule has 2 atom stereocenters. The van der Waals surface area contributed by atoms with Crippen LogP contribution in [-0.2, 0) is 0 Å². The summed E-state index contributed by atoms with van der Waals surface area (Å²) in [6.07, 6.45) is -0.650. The van der Waals surface area contributed by atoms with Crippen molar-refractivity contribution < 1.29 is 5.11 Å². The van der Waals surface area contributed by atoms with Crippen LogP contribution in [0.5, 0.6) is 0 Å². The number of nitriles is 1. The molecule has 2 heteroatoms. The van der Waals surface area contributed by atoms with Crippen molar-refractivity contribution in [2.24, 2.45) is 0 Å². The lowest BCUT2D eigenvalue weighted by atomic mass is 9.91. The standard InChI is InChI=1S/C21H17NO/c22-15-20(16-7-3-1-4-8-16)17-11-13-19(14-12-17)21(23)18-9-5-2-6-10-18/h1-14,20-21,23H/t20-,21-/m0/s1. The number of aliphatic hydroxyl groups is 1. The molecule has 0 saturated heterocycles. The fourth-order valence-corrected chi connectivity index (χ4v) is 2.69. The third-order valence-corrected chi connectivity index (χ3v) is 3.96. The molecular formula is C21H17NO. The van der Waals surface area contributed by atoms with Crippen LogP contribution in [0.4, 0.5) is 0 Å². The van der Waals surface area contributed by atoms with Crippen LogP contribution in [0.25, 0.3) is 0 Å². The fourth-order valence-electron chi connectivity index (χ4n) is 2.69. The van der Waals surface area contributed by atoms with Gasteiger partial charge in [-0.25, -0.2) is 0 Å². The maximum atomic E-state index is 10.4. The summed E-state index contributed by atoms with van der Waals surface area (Å²) in [5.41, 5.74) is 3.60. The summed E-state index contributed by atoms with van der Waals surface area (Å²) in [7, 11) is 0. The highest BCUT2D eigenvalue weighted by Crippen LogP contribution is 2.27. The van der Waals surface area contributed by atoms with Crippen molar-refractivity contribution >= 4 is 0 Å². The number of rotatable bonds is 4. The summed E-state index contributed by atoms with van der Waals surface area (Å²) in [5, 5.41) is 19.9. The van der Waals surface area contributed by atoms with Gasteiger partial charge in [0.25, 0.3) is 0 Å². The number of hydrogen-bond donors (Lipinski definition) is 1. The highest BCUT2D eigenvalue weighted by Gasteiger charge is 2.15. The van der Waals surface area contributed by atoms with Gasteiger partial charge in [0.2, 0.25) is 0 Å². The van der Waals surface area contributed by atoms with Crippen molar-refractivity contribution in [3.05, 3.63) is 107 Å². The highest BCUT2D eigenvalue weighted by molar-refractivity contribution is 5.40. The molecular weight excluding hydrogens is 282 g/mol. The monoisotopic (exact) mass is 299 g/mol. The van der Waals surface area contributed by atoms with Crippen LogP contribution in [-0.4, -0.2) is 5.11 Å². The highest BCUT2D eigenvalue weighted by atomic mass is 16.3. The Kier molecular flexibility index (Phi) is 4.52. The molecule has 0 aliphatic carbocycles. The quantitative estimate of drug-likeness (QED) is 0.774. The van der Waals surface area contributed by atoms with Crippen LogP contribution in [0, 0.1) is 11.3 Å². The Hall–Kier alpha value is -2.89. The first-order valence-electron chi connectivity index (χ1n) is 7.57. The van der Waals surface area contributed by atoms with Gasteiger partial charge >= 0.3 is 0 Å². The maximum absolute atomic E-state index is 10.4. The molecule has 0 spiro atoms. The number of benzene rings is 3. The zero-order valence-electron chi connectivity index (χ0n) is 12.6. The van der Waals surface area contributed by atoms with Gasteiger partial charge in [0.1, 0.15) is 6.10 Å². The average molecular weight is 299 g/mol. The molecule has 0 aliphatic heterocycles. The van der Waals surface area contributed by atoms with Crippen molar-refractivity contribution in [2.75, 3.05) is 0 Å². The third-order valence-electron chi connectivity index (χ3n) is 3.96. The normalized spacial score (nSPS) is 13.0. The van der Waals surface area contributed by atoms with E-state index in [1.165, 1.54) is 0 Å². The Morgan fingerprint density at radius 2 is 1.00 bits per heavy atom. The molecule has 0 aromatic heterocycles. The molecule has 1 N–H and O–H groups in total. The molecule has 2 nitrogen and oxygen atoms in total. The zero-order chi connectivity index (χ0) is 16.1. The Balaban J connectivity index is 1.86. The molecule has 0 radical (unpaired) electrons. The van der Waals surface area contributed by atoms with E-state index < -0.39 is 6.10 Å². The van der Waals surface area contributed by atoms with Gasteiger partial charge in [-0.15, -0.1) is 0 Å². The molecule has 0 aliphatic rings. The Morgan fingerprint density at radius 1 is 0.609 bits per heavy atom. The lowest BCUT2D eigenvalue weighted by molar-refractivity contribution is 0.220. The van der Waals surface area contributed by atoms with Crippen molar-refractivity contribution in [1.29, 1.82) is 5.26 Å². The first-order chi connectivity index (χ1) is 11.3. The maximum Gasteiger partial charge on any atom is 0.104 e. The van der Waals surface area contributed by atoms with E-state index in [2.05, 4.69) is 6.07 Å². The summed E-state index contributed by atoms with van der Waals surface area (Å²) in [6.45, 7) is 0. The van der Waals surface area contributed by atoms with E-state index in [1.807, 2.05) is 84.9 Å². The molecule has 3 rings (SSSR count). The predicted molar refractivity (Wildman–Crippen MR) is 90.8 cm³/mol. The summed E-state index contributed by atoms with van der Waals surface area (Å²) in [6, 6.07) is 29.3. The smallest absolute Gasteiger partial charge is 0.104 e. The van der Waals surface area contributed by atoms with Crippen molar-refractivity contribution in [3.63, 3.8) is 0 Å². The first kappa shape index (κ1) is 15.0. The molecule has 0 fully saturated rings. The molecule has 0 unspecified atom stereocenters. The lowest BCUT2D eigenvalue weighted by Gasteiger charge is -2.14. The second-order valence-electron chi connectivity index (χ2n) is 5.45. The van der Waals surface area contributed by atoms with E-state index in [9.17, 15) is 10.4 Å². The summed E-state index contributed by atoms with van der Waals surface area (Å²) in [4.78, 5) is 0. The van der Waals surface area contributed by atoms with Crippen LogP contribution >= 0.6 is 0 Å². The minimum Gasteiger partial charge on any atom is -0.384 e. The molecule has 3 aromatic rings. The van der Waals surface area contributed by atoms with Crippen LogP contribution in [0.15, 0.2) is 84.9 Å². The minimum absolute atomic E-state index is 0.292. The van der Waals surface area contributed by atoms with E-state index in [0.717, 1.165) is 22.3 Å². The topological polar surface area (TPSA) is 44.0 Å². The number of hydrogen-bond acceptors (Lipinski definition) is 2. The molecule has 23 heavy (non-hydrogen) atoms. The fraction of sp³-hybridized carbons (Fsp3) is 0.0952. The van der Waals surface area contributed by atoms with E-state index in [4.69, 9.17) is 0 Å². The minimum atomic E-state index is -0.650. The van der Waals surface area contributed by atoms with Crippen LogP contribution in [0.1, 0.15) is 34.3 Å². The van der Waals surface area contributed by atoms with Crippen LogP contribution in [0.3, 0.4) is 0 Å². The Bertz CT molecular complexity index is 789. The van der Waals surface area contributed by atoms with Gasteiger partial charge in [0.05, 0.1) is 12.0 Å². The summed E-state index contributed by atoms with van der Waals surface area (Å²) >= 11 is 0. The molecule has 3 aromatic carbocycles. The average Bonchev–Trinajstić information content (AvgIpc) is 2.64. The van der Waals surface area contributed by atoms with E-state index in [0.29, 0.717) is 0 Å². The predicted octanol–water partition coefficient (Wildman–Crippen LogP) is 4.42. The van der Waals surface area contributed by atoms with E-state index in [-0.39, 0.29) is 5.92 Å². The summed E-state index contributed by atoms with van der Waals surface area (Å²) < 4.78 is 0. The van der Waals surface area contributed by atoms with Crippen molar-refractivity contribution in [1.82, 2.24) is 0 Å². The molecule has 0 bridgehead atoms. The third kappa shape index (κ3) is 3.31. The number of nitrogens with zero attached hydrogens (tertiary/aromatic N) is 1. The second kappa shape index (κ2) is 6.91. The largest absolute Gasteiger partial charge is 0.384 e.